The van der Waals surface area contributed by atoms with Gasteiger partial charge in [-0.3, -0.25) is 0 Å². The topological polar surface area (TPSA) is 66.7 Å². The van der Waals surface area contributed by atoms with Gasteiger partial charge in [0.05, 0.1) is 6.04 Å². The number of hydrogen-bond acceptors (Lipinski definition) is 3. The maximum absolute atomic E-state index is 6.21. The van der Waals surface area contributed by atoms with E-state index in [1.807, 2.05) is 6.20 Å². The van der Waals surface area contributed by atoms with Gasteiger partial charge >= 0.3 is 0 Å². The third-order valence-electron chi connectivity index (χ3n) is 3.92. The molecule has 1 heterocycles. The largest absolute Gasteiger partial charge is 0.347 e. The van der Waals surface area contributed by atoms with Gasteiger partial charge in [0.1, 0.15) is 5.82 Å². The summed E-state index contributed by atoms with van der Waals surface area (Å²) < 4.78 is 0. The fraction of sp³-hybridized carbons (Fsp3) is 0.400. The zero-order valence-electron chi connectivity index (χ0n) is 11.1. The number of aromatic nitrogens is 2. The predicted octanol–water partition coefficient (Wildman–Crippen LogP) is 2.60. The van der Waals surface area contributed by atoms with Gasteiger partial charge in [-0.15, -0.1) is 0 Å². The second-order valence-electron chi connectivity index (χ2n) is 5.13. The Bertz CT molecular complexity index is 535. The normalized spacial score (nSPS) is 23.3. The van der Waals surface area contributed by atoms with Crippen molar-refractivity contribution < 1.29 is 0 Å². The lowest BCUT2D eigenvalue weighted by Gasteiger charge is -2.21. The number of fused-ring (bicyclic) bond motifs is 1. The Morgan fingerprint density at radius 2 is 2.21 bits per heavy atom. The number of benzene rings is 1. The highest BCUT2D eigenvalue weighted by molar-refractivity contribution is 5.37. The maximum Gasteiger partial charge on any atom is 0.123 e. The van der Waals surface area contributed by atoms with Gasteiger partial charge in [0.2, 0.25) is 0 Å². The summed E-state index contributed by atoms with van der Waals surface area (Å²) in [5.41, 5.74) is 8.82. The second kappa shape index (κ2) is 5.15. The molecule has 0 bridgehead atoms. The van der Waals surface area contributed by atoms with E-state index in [9.17, 15) is 0 Å². The van der Waals surface area contributed by atoms with Crippen molar-refractivity contribution in [1.82, 2.24) is 15.3 Å². The van der Waals surface area contributed by atoms with Crippen LogP contribution in [0, 0.1) is 0 Å². The Labute approximate surface area is 113 Å². The van der Waals surface area contributed by atoms with Crippen molar-refractivity contribution in [3.8, 4) is 0 Å². The molecule has 4 heteroatoms. The molecule has 100 valence electrons. The van der Waals surface area contributed by atoms with E-state index in [4.69, 9.17) is 5.73 Å². The fourth-order valence-corrected chi connectivity index (χ4v) is 2.93. The van der Waals surface area contributed by atoms with E-state index in [1.165, 1.54) is 11.1 Å². The molecular formula is C15H20N4. The molecule has 1 aromatic carbocycles. The first-order valence-electron chi connectivity index (χ1n) is 6.89. The molecule has 2 aromatic rings. The summed E-state index contributed by atoms with van der Waals surface area (Å²) >= 11 is 0. The van der Waals surface area contributed by atoms with Crippen LogP contribution in [0.3, 0.4) is 0 Å². The first-order valence-corrected chi connectivity index (χ1v) is 6.89. The first-order chi connectivity index (χ1) is 9.29. The van der Waals surface area contributed by atoms with Gasteiger partial charge in [-0.2, -0.15) is 0 Å². The van der Waals surface area contributed by atoms with E-state index >= 15 is 0 Å². The van der Waals surface area contributed by atoms with Crippen LogP contribution >= 0.6 is 0 Å². The molecule has 19 heavy (non-hydrogen) atoms. The lowest BCUT2D eigenvalue weighted by Crippen LogP contribution is -2.26. The van der Waals surface area contributed by atoms with Crippen molar-refractivity contribution in [3.63, 3.8) is 0 Å². The molecule has 3 rings (SSSR count). The smallest absolute Gasteiger partial charge is 0.123 e. The van der Waals surface area contributed by atoms with Gasteiger partial charge in [-0.05, 0) is 24.0 Å². The second-order valence-corrected chi connectivity index (χ2v) is 5.13. The zero-order valence-corrected chi connectivity index (χ0v) is 11.1. The molecule has 1 aromatic heterocycles. The van der Waals surface area contributed by atoms with Gasteiger partial charge in [0.25, 0.3) is 0 Å². The molecule has 3 atom stereocenters. The number of imidazole rings is 1. The van der Waals surface area contributed by atoms with Crippen LogP contribution in [0.1, 0.15) is 54.8 Å². The molecule has 4 nitrogen and oxygen atoms in total. The fourth-order valence-electron chi connectivity index (χ4n) is 2.93. The van der Waals surface area contributed by atoms with Gasteiger partial charge in [-0.25, -0.2) is 4.98 Å². The van der Waals surface area contributed by atoms with E-state index in [1.54, 1.807) is 6.20 Å². The Morgan fingerprint density at radius 3 is 2.89 bits per heavy atom. The van der Waals surface area contributed by atoms with Crippen molar-refractivity contribution in [2.24, 2.45) is 5.73 Å². The standard InChI is InChI=1S/C15H20N4/c1-2-13(15-17-7-8-18-15)19-14-9-12(16)10-5-3-4-6-11(10)14/h3-8,12-14,19H,2,9,16H2,1H3,(H,17,18). The number of rotatable bonds is 4. The van der Waals surface area contributed by atoms with E-state index < -0.39 is 0 Å². The van der Waals surface area contributed by atoms with Crippen molar-refractivity contribution in [2.45, 2.75) is 37.9 Å². The summed E-state index contributed by atoms with van der Waals surface area (Å²) in [6, 6.07) is 9.16. The molecule has 0 spiro atoms. The monoisotopic (exact) mass is 256 g/mol. The minimum Gasteiger partial charge on any atom is -0.347 e. The van der Waals surface area contributed by atoms with Crippen molar-refractivity contribution >= 4 is 0 Å². The highest BCUT2D eigenvalue weighted by atomic mass is 15.0. The van der Waals surface area contributed by atoms with E-state index in [-0.39, 0.29) is 12.1 Å². The minimum absolute atomic E-state index is 0.141. The van der Waals surface area contributed by atoms with Crippen LogP contribution in [0.5, 0.6) is 0 Å². The molecule has 4 N–H and O–H groups in total. The van der Waals surface area contributed by atoms with Gasteiger partial charge < -0.3 is 16.0 Å². The summed E-state index contributed by atoms with van der Waals surface area (Å²) in [6.07, 6.45) is 5.62. The number of hydrogen-bond donors (Lipinski definition) is 3. The predicted molar refractivity (Wildman–Crippen MR) is 75.5 cm³/mol. The molecule has 0 amide bonds. The Balaban J connectivity index is 1.81. The molecule has 0 fully saturated rings. The number of nitrogens with two attached hydrogens (primary N) is 1. The van der Waals surface area contributed by atoms with Crippen LogP contribution in [0.2, 0.25) is 0 Å². The lowest BCUT2D eigenvalue weighted by atomic mass is 10.1. The SMILES string of the molecule is CCC(NC1CC(N)c2ccccc21)c1ncc[nH]1. The summed E-state index contributed by atoms with van der Waals surface area (Å²) in [7, 11) is 0. The van der Waals surface area contributed by atoms with Crippen LogP contribution in [0.25, 0.3) is 0 Å². The first kappa shape index (κ1) is 12.4. The van der Waals surface area contributed by atoms with Crippen LogP contribution < -0.4 is 11.1 Å². The van der Waals surface area contributed by atoms with Gasteiger partial charge in [0, 0.05) is 24.5 Å². The van der Waals surface area contributed by atoms with E-state index in [0.717, 1.165) is 18.7 Å². The van der Waals surface area contributed by atoms with Crippen molar-refractivity contribution in [3.05, 3.63) is 53.6 Å². The average molecular weight is 256 g/mol. The van der Waals surface area contributed by atoms with E-state index in [2.05, 4.69) is 46.5 Å². The average Bonchev–Trinajstić information content (AvgIpc) is 3.06. The molecular weight excluding hydrogens is 236 g/mol. The highest BCUT2D eigenvalue weighted by Gasteiger charge is 2.30. The summed E-state index contributed by atoms with van der Waals surface area (Å²) in [4.78, 5) is 7.55. The summed E-state index contributed by atoms with van der Waals surface area (Å²) in [6.45, 7) is 2.17. The van der Waals surface area contributed by atoms with Crippen LogP contribution in [0.4, 0.5) is 0 Å². The van der Waals surface area contributed by atoms with E-state index in [0.29, 0.717) is 6.04 Å². The molecule has 0 radical (unpaired) electrons. The maximum atomic E-state index is 6.21. The highest BCUT2D eigenvalue weighted by Crippen LogP contribution is 2.38. The number of aromatic amines is 1. The quantitative estimate of drug-likeness (QED) is 0.787. The van der Waals surface area contributed by atoms with Crippen LogP contribution in [0.15, 0.2) is 36.7 Å². The third-order valence-corrected chi connectivity index (χ3v) is 3.92. The van der Waals surface area contributed by atoms with Crippen molar-refractivity contribution in [2.75, 3.05) is 0 Å². The van der Waals surface area contributed by atoms with Crippen molar-refractivity contribution in [1.29, 1.82) is 0 Å². The number of nitrogens with zero attached hydrogens (tertiary/aromatic N) is 1. The third kappa shape index (κ3) is 2.29. The number of H-pyrrole nitrogens is 1. The van der Waals surface area contributed by atoms with Crippen LogP contribution in [-0.4, -0.2) is 9.97 Å². The zero-order chi connectivity index (χ0) is 13.2. The Hall–Kier alpha value is -1.65. The Kier molecular flexibility index (Phi) is 3.36. The molecule has 1 aliphatic rings. The molecule has 3 unspecified atom stereocenters. The number of nitrogens with one attached hydrogen (secondary N) is 2. The van der Waals surface area contributed by atoms with Gasteiger partial charge in [-0.1, -0.05) is 31.2 Å². The molecule has 0 saturated carbocycles. The molecule has 0 aliphatic heterocycles. The molecule has 1 aliphatic carbocycles. The summed E-state index contributed by atoms with van der Waals surface area (Å²) in [5, 5.41) is 3.68. The molecule has 0 saturated heterocycles. The van der Waals surface area contributed by atoms with Gasteiger partial charge in [0.15, 0.2) is 0 Å². The lowest BCUT2D eigenvalue weighted by molar-refractivity contribution is 0.407. The van der Waals surface area contributed by atoms with Crippen LogP contribution in [-0.2, 0) is 0 Å². The Morgan fingerprint density at radius 1 is 1.42 bits per heavy atom. The summed E-state index contributed by atoms with van der Waals surface area (Å²) in [5.74, 6) is 1.00. The minimum atomic E-state index is 0.141.